The molecular formula is C14H21N3. The lowest BCUT2D eigenvalue weighted by atomic mass is 10.0. The average Bonchev–Trinajstić information content (AvgIpc) is 2.89. The van der Waals surface area contributed by atoms with Gasteiger partial charge in [0.25, 0.3) is 0 Å². The third kappa shape index (κ3) is 2.16. The van der Waals surface area contributed by atoms with Crippen molar-refractivity contribution in [1.29, 1.82) is 0 Å². The fourth-order valence-corrected chi connectivity index (χ4v) is 3.34. The molecule has 17 heavy (non-hydrogen) atoms. The van der Waals surface area contributed by atoms with Crippen LogP contribution >= 0.6 is 0 Å². The van der Waals surface area contributed by atoms with E-state index < -0.39 is 0 Å². The molecule has 1 N–H and O–H groups in total. The molecule has 0 aromatic carbocycles. The number of aromatic nitrogens is 1. The predicted molar refractivity (Wildman–Crippen MR) is 70.0 cm³/mol. The molecular weight excluding hydrogens is 210 g/mol. The summed E-state index contributed by atoms with van der Waals surface area (Å²) in [4.78, 5) is 7.22. The monoisotopic (exact) mass is 231 g/mol. The minimum absolute atomic E-state index is 0.856. The summed E-state index contributed by atoms with van der Waals surface area (Å²) in [6.07, 6.45) is 4.30. The number of fused-ring (bicyclic) bond motifs is 1. The summed E-state index contributed by atoms with van der Waals surface area (Å²) in [5.74, 6) is 3.04. The number of nitrogens with zero attached hydrogens (tertiary/aromatic N) is 2. The van der Waals surface area contributed by atoms with Crippen molar-refractivity contribution in [3.63, 3.8) is 0 Å². The maximum Gasteiger partial charge on any atom is 0.128 e. The highest BCUT2D eigenvalue weighted by Gasteiger charge is 2.36. The molecule has 0 bridgehead atoms. The predicted octanol–water partition coefficient (Wildman–Crippen LogP) is 2.04. The third-order valence-corrected chi connectivity index (χ3v) is 4.20. The minimum Gasteiger partial charge on any atom is -0.356 e. The van der Waals surface area contributed by atoms with Gasteiger partial charge in [-0.05, 0) is 43.9 Å². The van der Waals surface area contributed by atoms with E-state index in [1.165, 1.54) is 38.2 Å². The second-order valence-corrected chi connectivity index (χ2v) is 5.37. The van der Waals surface area contributed by atoms with Crippen molar-refractivity contribution in [1.82, 2.24) is 10.3 Å². The molecule has 3 heteroatoms. The van der Waals surface area contributed by atoms with Crippen LogP contribution in [0.15, 0.2) is 18.2 Å². The van der Waals surface area contributed by atoms with Crippen molar-refractivity contribution in [2.45, 2.75) is 25.8 Å². The second-order valence-electron chi connectivity index (χ2n) is 5.37. The largest absolute Gasteiger partial charge is 0.356 e. The molecule has 1 saturated heterocycles. The molecule has 1 aliphatic carbocycles. The highest BCUT2D eigenvalue weighted by atomic mass is 15.2. The molecule has 0 spiro atoms. The molecule has 0 amide bonds. The summed E-state index contributed by atoms with van der Waals surface area (Å²) >= 11 is 0. The van der Waals surface area contributed by atoms with Gasteiger partial charge in [0.05, 0.1) is 5.69 Å². The Morgan fingerprint density at radius 2 is 2.06 bits per heavy atom. The highest BCUT2D eigenvalue weighted by Crippen LogP contribution is 2.38. The van der Waals surface area contributed by atoms with Gasteiger partial charge in [-0.15, -0.1) is 0 Å². The summed E-state index contributed by atoms with van der Waals surface area (Å²) in [5, 5.41) is 3.16. The maximum atomic E-state index is 4.74. The summed E-state index contributed by atoms with van der Waals surface area (Å²) < 4.78 is 0. The normalized spacial score (nSPS) is 27.5. The topological polar surface area (TPSA) is 28.2 Å². The maximum absolute atomic E-state index is 4.74. The Bertz CT molecular complexity index is 379. The fourth-order valence-electron chi connectivity index (χ4n) is 3.34. The molecule has 3 nitrogen and oxygen atoms in total. The highest BCUT2D eigenvalue weighted by molar-refractivity contribution is 5.41. The fraction of sp³-hybridized carbons (Fsp3) is 0.643. The van der Waals surface area contributed by atoms with Gasteiger partial charge in [-0.2, -0.15) is 0 Å². The molecule has 92 valence electrons. The van der Waals surface area contributed by atoms with E-state index in [2.05, 4.69) is 28.4 Å². The van der Waals surface area contributed by atoms with E-state index in [1.807, 2.05) is 7.05 Å². The van der Waals surface area contributed by atoms with Crippen LogP contribution in [-0.4, -0.2) is 25.1 Å². The molecule has 1 aromatic rings. The van der Waals surface area contributed by atoms with Gasteiger partial charge >= 0.3 is 0 Å². The van der Waals surface area contributed by atoms with Crippen LogP contribution in [0.2, 0.25) is 0 Å². The lowest BCUT2D eigenvalue weighted by Gasteiger charge is -2.19. The molecule has 0 radical (unpaired) electrons. The molecule has 2 aliphatic rings. The summed E-state index contributed by atoms with van der Waals surface area (Å²) in [7, 11) is 1.97. The zero-order valence-corrected chi connectivity index (χ0v) is 10.5. The van der Waals surface area contributed by atoms with E-state index in [4.69, 9.17) is 4.98 Å². The number of hydrogen-bond donors (Lipinski definition) is 1. The van der Waals surface area contributed by atoms with Crippen LogP contribution in [0.4, 0.5) is 5.82 Å². The minimum atomic E-state index is 0.856. The van der Waals surface area contributed by atoms with Gasteiger partial charge in [0, 0.05) is 19.6 Å². The van der Waals surface area contributed by atoms with E-state index in [1.54, 1.807) is 0 Å². The number of nitrogens with one attached hydrogen (secondary N) is 1. The van der Waals surface area contributed by atoms with Crippen LogP contribution in [0.25, 0.3) is 0 Å². The molecule has 3 rings (SSSR count). The lowest BCUT2D eigenvalue weighted by molar-refractivity contribution is 0.494. The molecule has 1 aromatic heterocycles. The van der Waals surface area contributed by atoms with Crippen molar-refractivity contribution < 1.29 is 0 Å². The van der Waals surface area contributed by atoms with Crippen LogP contribution in [0.1, 0.15) is 25.0 Å². The molecule has 2 unspecified atom stereocenters. The van der Waals surface area contributed by atoms with Gasteiger partial charge in [0.1, 0.15) is 5.82 Å². The van der Waals surface area contributed by atoms with Crippen molar-refractivity contribution in [3.8, 4) is 0 Å². The SMILES string of the molecule is CNCc1cccc(N2CC3CCCC3C2)n1. The van der Waals surface area contributed by atoms with Crippen molar-refractivity contribution >= 4 is 5.82 Å². The van der Waals surface area contributed by atoms with Crippen molar-refractivity contribution in [2.75, 3.05) is 25.0 Å². The lowest BCUT2D eigenvalue weighted by Crippen LogP contribution is -2.22. The van der Waals surface area contributed by atoms with E-state index in [0.717, 1.165) is 24.1 Å². The Morgan fingerprint density at radius 3 is 2.76 bits per heavy atom. The van der Waals surface area contributed by atoms with Crippen LogP contribution < -0.4 is 10.2 Å². The first-order chi connectivity index (χ1) is 8.36. The smallest absolute Gasteiger partial charge is 0.128 e. The number of hydrogen-bond acceptors (Lipinski definition) is 3. The van der Waals surface area contributed by atoms with Crippen molar-refractivity contribution in [2.24, 2.45) is 11.8 Å². The van der Waals surface area contributed by atoms with Crippen LogP contribution in [0.5, 0.6) is 0 Å². The summed E-state index contributed by atoms with van der Waals surface area (Å²) in [6, 6.07) is 6.38. The van der Waals surface area contributed by atoms with Crippen LogP contribution in [0, 0.1) is 11.8 Å². The van der Waals surface area contributed by atoms with Gasteiger partial charge in [-0.3, -0.25) is 0 Å². The average molecular weight is 231 g/mol. The zero-order chi connectivity index (χ0) is 11.7. The van der Waals surface area contributed by atoms with E-state index in [9.17, 15) is 0 Å². The van der Waals surface area contributed by atoms with E-state index >= 15 is 0 Å². The Kier molecular flexibility index (Phi) is 3.02. The second kappa shape index (κ2) is 4.65. The first kappa shape index (κ1) is 11.0. The molecule has 1 aliphatic heterocycles. The Hall–Kier alpha value is -1.09. The number of pyridine rings is 1. The van der Waals surface area contributed by atoms with Crippen LogP contribution in [0.3, 0.4) is 0 Å². The van der Waals surface area contributed by atoms with Crippen molar-refractivity contribution in [3.05, 3.63) is 23.9 Å². The van der Waals surface area contributed by atoms with Crippen LogP contribution in [-0.2, 0) is 6.54 Å². The Labute approximate surface area is 103 Å². The Balaban J connectivity index is 1.74. The van der Waals surface area contributed by atoms with Gasteiger partial charge in [0.15, 0.2) is 0 Å². The van der Waals surface area contributed by atoms with Gasteiger partial charge in [-0.1, -0.05) is 12.5 Å². The molecule has 1 saturated carbocycles. The van der Waals surface area contributed by atoms with E-state index in [-0.39, 0.29) is 0 Å². The molecule has 2 atom stereocenters. The first-order valence-corrected chi connectivity index (χ1v) is 6.72. The molecule has 2 heterocycles. The summed E-state index contributed by atoms with van der Waals surface area (Å²) in [6.45, 7) is 3.30. The Morgan fingerprint density at radius 1 is 1.29 bits per heavy atom. The van der Waals surface area contributed by atoms with E-state index in [0.29, 0.717) is 0 Å². The molecule has 2 fully saturated rings. The van der Waals surface area contributed by atoms with Gasteiger partial charge < -0.3 is 10.2 Å². The first-order valence-electron chi connectivity index (χ1n) is 6.72. The number of anilines is 1. The summed E-state index contributed by atoms with van der Waals surface area (Å²) in [5.41, 5.74) is 1.14. The third-order valence-electron chi connectivity index (χ3n) is 4.20. The zero-order valence-electron chi connectivity index (χ0n) is 10.5. The number of rotatable bonds is 3. The standard InChI is InChI=1S/C14H21N3/c1-15-8-13-6-3-7-14(16-13)17-9-11-4-2-5-12(11)10-17/h3,6-7,11-12,15H,2,4-5,8-10H2,1H3. The van der Waals surface area contributed by atoms with Gasteiger partial charge in [-0.25, -0.2) is 4.98 Å². The van der Waals surface area contributed by atoms with Gasteiger partial charge in [0.2, 0.25) is 0 Å². The quantitative estimate of drug-likeness (QED) is 0.863.